The van der Waals surface area contributed by atoms with Crippen molar-refractivity contribution in [3.8, 4) is 11.5 Å². The van der Waals surface area contributed by atoms with E-state index in [-0.39, 0.29) is 11.9 Å². The molecule has 166 valence electrons. The van der Waals surface area contributed by atoms with Gasteiger partial charge in [0.1, 0.15) is 4.32 Å². The zero-order chi connectivity index (χ0) is 22.7. The van der Waals surface area contributed by atoms with E-state index in [0.717, 1.165) is 36.8 Å². The smallest absolute Gasteiger partial charge is 0.343 e. The van der Waals surface area contributed by atoms with Crippen molar-refractivity contribution in [1.29, 1.82) is 0 Å². The third-order valence-corrected chi connectivity index (χ3v) is 7.07. The van der Waals surface area contributed by atoms with Gasteiger partial charge in [0.15, 0.2) is 11.5 Å². The summed E-state index contributed by atoms with van der Waals surface area (Å²) in [5.74, 6) is 0.261. The van der Waals surface area contributed by atoms with Gasteiger partial charge >= 0.3 is 5.97 Å². The van der Waals surface area contributed by atoms with Gasteiger partial charge in [0.05, 0.1) is 17.6 Å². The van der Waals surface area contributed by atoms with Gasteiger partial charge in [0, 0.05) is 6.04 Å². The van der Waals surface area contributed by atoms with Crippen LogP contribution < -0.4 is 9.47 Å². The number of carbonyl (C=O) groups excluding carboxylic acids is 2. The Kier molecular flexibility index (Phi) is 6.96. The Morgan fingerprint density at radius 2 is 1.81 bits per heavy atom. The van der Waals surface area contributed by atoms with Gasteiger partial charge in [-0.3, -0.25) is 9.69 Å². The largest absolute Gasteiger partial charge is 0.493 e. The molecule has 1 amide bonds. The van der Waals surface area contributed by atoms with Crippen LogP contribution in [-0.4, -0.2) is 34.2 Å². The average Bonchev–Trinajstić information content (AvgIpc) is 3.08. The Bertz CT molecular complexity index is 1070. The van der Waals surface area contributed by atoms with Crippen molar-refractivity contribution in [2.75, 3.05) is 7.11 Å². The van der Waals surface area contributed by atoms with Crippen LogP contribution in [0.3, 0.4) is 0 Å². The first-order chi connectivity index (χ1) is 15.5. The number of nitrogens with zero attached hydrogens (tertiary/aromatic N) is 1. The maximum Gasteiger partial charge on any atom is 0.343 e. The third-order valence-electron chi connectivity index (χ3n) is 5.74. The van der Waals surface area contributed by atoms with Gasteiger partial charge < -0.3 is 9.47 Å². The molecule has 0 N–H and O–H groups in total. The van der Waals surface area contributed by atoms with E-state index in [9.17, 15) is 9.59 Å². The summed E-state index contributed by atoms with van der Waals surface area (Å²) in [7, 11) is 1.52. The summed E-state index contributed by atoms with van der Waals surface area (Å²) in [5.41, 5.74) is 2.31. The van der Waals surface area contributed by atoms with E-state index in [4.69, 9.17) is 21.7 Å². The number of hydrogen-bond acceptors (Lipinski definition) is 6. The summed E-state index contributed by atoms with van der Waals surface area (Å²) in [6.45, 7) is 1.96. The quantitative estimate of drug-likeness (QED) is 0.241. The minimum Gasteiger partial charge on any atom is -0.493 e. The third kappa shape index (κ3) is 4.89. The lowest BCUT2D eigenvalue weighted by Gasteiger charge is -2.29. The molecule has 5 nitrogen and oxygen atoms in total. The molecule has 2 aromatic rings. The second-order valence-corrected chi connectivity index (χ2v) is 9.69. The molecular formula is C25H25NO4S2. The van der Waals surface area contributed by atoms with E-state index in [1.165, 1.54) is 25.3 Å². The van der Waals surface area contributed by atoms with Crippen molar-refractivity contribution < 1.29 is 19.1 Å². The van der Waals surface area contributed by atoms with E-state index in [2.05, 4.69) is 0 Å². The van der Waals surface area contributed by atoms with Gasteiger partial charge in [-0.2, -0.15) is 0 Å². The van der Waals surface area contributed by atoms with Crippen LogP contribution >= 0.6 is 24.0 Å². The number of esters is 1. The van der Waals surface area contributed by atoms with Crippen LogP contribution in [0.25, 0.3) is 6.08 Å². The number of ether oxygens (including phenoxy) is 2. The lowest BCUT2D eigenvalue weighted by Crippen LogP contribution is -2.39. The van der Waals surface area contributed by atoms with Crippen molar-refractivity contribution in [1.82, 2.24) is 4.90 Å². The Morgan fingerprint density at radius 3 is 2.50 bits per heavy atom. The van der Waals surface area contributed by atoms with Crippen LogP contribution in [-0.2, 0) is 4.79 Å². The van der Waals surface area contributed by atoms with Crippen LogP contribution in [0, 0.1) is 6.92 Å². The summed E-state index contributed by atoms with van der Waals surface area (Å²) >= 11 is 6.85. The lowest BCUT2D eigenvalue weighted by molar-refractivity contribution is -0.124. The molecule has 7 heteroatoms. The fourth-order valence-electron chi connectivity index (χ4n) is 3.99. The normalized spacial score (nSPS) is 18.3. The minimum absolute atomic E-state index is 0.0271. The molecule has 2 aliphatic rings. The van der Waals surface area contributed by atoms with Crippen LogP contribution in [0.1, 0.15) is 53.6 Å². The molecule has 0 aromatic heterocycles. The molecule has 4 rings (SSSR count). The number of rotatable bonds is 5. The van der Waals surface area contributed by atoms with Crippen LogP contribution in [0.15, 0.2) is 47.4 Å². The van der Waals surface area contributed by atoms with Crippen molar-refractivity contribution in [3.05, 3.63) is 64.1 Å². The second-order valence-electron chi connectivity index (χ2n) is 8.01. The molecule has 2 fully saturated rings. The zero-order valence-corrected chi connectivity index (χ0v) is 19.8. The number of thiocarbonyl (C=S) groups is 1. The highest BCUT2D eigenvalue weighted by Crippen LogP contribution is 2.38. The fraction of sp³-hybridized carbons (Fsp3) is 0.320. The van der Waals surface area contributed by atoms with Crippen LogP contribution in [0.2, 0.25) is 0 Å². The minimum atomic E-state index is -0.454. The molecule has 1 aliphatic heterocycles. The van der Waals surface area contributed by atoms with E-state index in [0.29, 0.717) is 26.3 Å². The topological polar surface area (TPSA) is 55.8 Å². The second kappa shape index (κ2) is 9.88. The van der Waals surface area contributed by atoms with Crippen molar-refractivity contribution >= 4 is 46.3 Å². The average molecular weight is 468 g/mol. The fourth-order valence-corrected chi connectivity index (χ4v) is 5.39. The number of benzene rings is 2. The first-order valence-corrected chi connectivity index (χ1v) is 11.9. The van der Waals surface area contributed by atoms with Gasteiger partial charge in [-0.25, -0.2) is 4.79 Å². The van der Waals surface area contributed by atoms with Gasteiger partial charge in [0.25, 0.3) is 5.91 Å². The number of amides is 1. The van der Waals surface area contributed by atoms with Crippen LogP contribution in [0.5, 0.6) is 11.5 Å². The number of thioether (sulfide) groups is 1. The molecule has 2 aromatic carbocycles. The summed E-state index contributed by atoms with van der Waals surface area (Å²) in [5, 5.41) is 0. The number of carbonyl (C=O) groups is 2. The maximum absolute atomic E-state index is 13.0. The molecule has 0 unspecified atom stereocenters. The van der Waals surface area contributed by atoms with E-state index < -0.39 is 5.97 Å². The lowest BCUT2D eigenvalue weighted by atomic mass is 9.94. The molecule has 0 bridgehead atoms. The van der Waals surface area contributed by atoms with E-state index in [1.807, 2.05) is 25.1 Å². The van der Waals surface area contributed by atoms with E-state index in [1.54, 1.807) is 35.2 Å². The first kappa shape index (κ1) is 22.6. The standard InChI is InChI=1S/C25H25NO4S2/c1-16-8-11-18(12-9-16)24(28)30-20-13-10-17(14-21(20)29-2)15-22-23(27)26(25(31)32-22)19-6-4-3-5-7-19/h8-15,19H,3-7H2,1-2H3/b22-15-. The predicted octanol–water partition coefficient (Wildman–Crippen LogP) is 5.76. The van der Waals surface area contributed by atoms with Crippen LogP contribution in [0.4, 0.5) is 0 Å². The number of hydrogen-bond donors (Lipinski definition) is 0. The SMILES string of the molecule is COc1cc(/C=C2\SC(=S)N(C3CCCCC3)C2=O)ccc1OC(=O)c1ccc(C)cc1. The summed E-state index contributed by atoms with van der Waals surface area (Å²) in [4.78, 5) is 27.9. The molecule has 0 radical (unpaired) electrons. The molecular weight excluding hydrogens is 442 g/mol. The molecule has 1 saturated carbocycles. The molecule has 1 aliphatic carbocycles. The molecule has 1 saturated heterocycles. The predicted molar refractivity (Wildman–Crippen MR) is 131 cm³/mol. The van der Waals surface area contributed by atoms with Crippen molar-refractivity contribution in [2.45, 2.75) is 45.1 Å². The molecule has 1 heterocycles. The molecule has 0 spiro atoms. The van der Waals surface area contributed by atoms with Crippen molar-refractivity contribution in [2.24, 2.45) is 0 Å². The highest BCUT2D eigenvalue weighted by Gasteiger charge is 2.37. The number of aryl methyl sites for hydroxylation is 1. The highest BCUT2D eigenvalue weighted by atomic mass is 32.2. The van der Waals surface area contributed by atoms with Gasteiger partial charge in [0.2, 0.25) is 0 Å². The first-order valence-electron chi connectivity index (χ1n) is 10.7. The Labute approximate surface area is 197 Å². The molecule has 32 heavy (non-hydrogen) atoms. The van der Waals surface area contributed by atoms with Gasteiger partial charge in [-0.1, -0.05) is 67.0 Å². The molecule has 0 atom stereocenters. The Morgan fingerprint density at radius 1 is 1.09 bits per heavy atom. The summed E-state index contributed by atoms with van der Waals surface area (Å²) in [6, 6.07) is 12.6. The van der Waals surface area contributed by atoms with Crippen molar-refractivity contribution in [3.63, 3.8) is 0 Å². The Balaban J connectivity index is 1.51. The zero-order valence-electron chi connectivity index (χ0n) is 18.1. The van der Waals surface area contributed by atoms with E-state index >= 15 is 0 Å². The van der Waals surface area contributed by atoms with Gasteiger partial charge in [-0.05, 0) is 55.7 Å². The maximum atomic E-state index is 13.0. The summed E-state index contributed by atoms with van der Waals surface area (Å²) in [6.07, 6.45) is 7.34. The number of methoxy groups -OCH3 is 1. The Hall–Kier alpha value is -2.64. The van der Waals surface area contributed by atoms with Gasteiger partial charge in [-0.15, -0.1) is 0 Å². The highest BCUT2D eigenvalue weighted by molar-refractivity contribution is 8.26. The summed E-state index contributed by atoms with van der Waals surface area (Å²) < 4.78 is 11.6. The monoisotopic (exact) mass is 467 g/mol.